The largest absolute Gasteiger partial charge is 0.388 e. The number of aliphatic hydroxyl groups is 1. The molecule has 0 unspecified atom stereocenters. The molecule has 0 radical (unpaired) electrons. The van der Waals surface area contributed by atoms with Crippen LogP contribution in [-0.2, 0) is 6.54 Å². The molecule has 31 heavy (non-hydrogen) atoms. The highest BCUT2D eigenvalue weighted by Crippen LogP contribution is 2.27. The Balaban J connectivity index is 1.85. The average Bonchev–Trinajstić information content (AvgIpc) is 3.02. The lowest BCUT2D eigenvalue weighted by molar-refractivity contribution is 0.00523. The third kappa shape index (κ3) is 6.19. The van der Waals surface area contributed by atoms with E-state index in [1.54, 1.807) is 21.9 Å². The Kier molecular flexibility index (Phi) is 7.92. The van der Waals surface area contributed by atoms with Crippen LogP contribution in [-0.4, -0.2) is 51.6 Å². The first kappa shape index (κ1) is 23.5. The van der Waals surface area contributed by atoms with Crippen molar-refractivity contribution in [2.75, 3.05) is 19.6 Å². The van der Waals surface area contributed by atoms with Crippen LogP contribution in [0.5, 0.6) is 0 Å². The fourth-order valence-corrected chi connectivity index (χ4v) is 4.64. The maximum atomic E-state index is 13.2. The minimum absolute atomic E-state index is 0.0271. The first-order chi connectivity index (χ1) is 14.8. The van der Waals surface area contributed by atoms with E-state index in [-0.39, 0.29) is 23.6 Å². The Morgan fingerprint density at radius 1 is 1.00 bits per heavy atom. The van der Waals surface area contributed by atoms with Gasteiger partial charge in [0.15, 0.2) is 0 Å². The van der Waals surface area contributed by atoms with Crippen LogP contribution in [0, 0.1) is 5.92 Å². The molecule has 1 saturated heterocycles. The third-order valence-corrected chi connectivity index (χ3v) is 6.39. The van der Waals surface area contributed by atoms with E-state index in [9.17, 15) is 19.5 Å². The van der Waals surface area contributed by atoms with Gasteiger partial charge in [0.1, 0.15) is 11.1 Å². The van der Waals surface area contributed by atoms with Gasteiger partial charge in [-0.25, -0.2) is 0 Å². The zero-order valence-corrected chi connectivity index (χ0v) is 19.0. The van der Waals surface area contributed by atoms with Crippen LogP contribution in [0.2, 0.25) is 0 Å². The molecule has 3 rings (SSSR count). The molecule has 7 heteroatoms. The number of pyridine rings is 1. The molecule has 2 N–H and O–H groups in total. The summed E-state index contributed by atoms with van der Waals surface area (Å²) in [5, 5.41) is 13.4. The van der Waals surface area contributed by atoms with E-state index < -0.39 is 16.9 Å². The highest BCUT2D eigenvalue weighted by atomic mass is 16.3. The fourth-order valence-electron chi connectivity index (χ4n) is 4.64. The molecule has 1 aromatic rings. The summed E-state index contributed by atoms with van der Waals surface area (Å²) in [7, 11) is 0. The summed E-state index contributed by atoms with van der Waals surface area (Å²) in [6, 6.07) is 0. The quantitative estimate of drug-likeness (QED) is 0.724. The summed E-state index contributed by atoms with van der Waals surface area (Å²) in [6.45, 7) is 6.11. The van der Waals surface area contributed by atoms with Gasteiger partial charge in [0.2, 0.25) is 5.43 Å². The van der Waals surface area contributed by atoms with Crippen LogP contribution in [0.4, 0.5) is 0 Å². The van der Waals surface area contributed by atoms with Crippen LogP contribution in [0.3, 0.4) is 0 Å². The van der Waals surface area contributed by atoms with Crippen LogP contribution >= 0.6 is 0 Å². The number of nitrogens with one attached hydrogen (secondary N) is 1. The molecule has 2 aliphatic rings. The van der Waals surface area contributed by atoms with Gasteiger partial charge in [-0.05, 0) is 31.6 Å². The Morgan fingerprint density at radius 3 is 2.19 bits per heavy atom. The number of nitrogens with zero attached hydrogens (tertiary/aromatic N) is 2. The zero-order valence-electron chi connectivity index (χ0n) is 19.0. The van der Waals surface area contributed by atoms with Crippen molar-refractivity contribution in [1.82, 2.24) is 14.8 Å². The predicted octanol–water partition coefficient (Wildman–Crippen LogP) is 2.95. The molecule has 1 aliphatic heterocycles. The molecule has 1 aliphatic carbocycles. The molecule has 2 heterocycles. The summed E-state index contributed by atoms with van der Waals surface area (Å²) in [4.78, 5) is 41.0. The molecule has 172 valence electrons. The number of carbonyl (C=O) groups excluding carboxylic acids is 2. The molecule has 2 fully saturated rings. The molecule has 0 atom stereocenters. The SMILES string of the molecule is CC(C)Cn1cc(C(=O)NCC2(O)CCCCC2)c(=O)c(C(=O)N2CCCCCC2)c1. The molecular weight excluding hydrogens is 394 g/mol. The van der Waals surface area contributed by atoms with E-state index >= 15 is 0 Å². The van der Waals surface area contributed by atoms with Gasteiger partial charge in [-0.15, -0.1) is 0 Å². The van der Waals surface area contributed by atoms with Crippen molar-refractivity contribution < 1.29 is 14.7 Å². The summed E-state index contributed by atoms with van der Waals surface area (Å²) in [5.74, 6) is -0.514. The second-order valence-electron chi connectivity index (χ2n) is 9.68. The van der Waals surface area contributed by atoms with E-state index in [0.717, 1.165) is 44.9 Å². The number of aromatic nitrogens is 1. The van der Waals surface area contributed by atoms with Crippen molar-refractivity contribution >= 4 is 11.8 Å². The van der Waals surface area contributed by atoms with Crippen molar-refractivity contribution in [2.24, 2.45) is 5.92 Å². The van der Waals surface area contributed by atoms with Gasteiger partial charge >= 0.3 is 0 Å². The lowest BCUT2D eigenvalue weighted by Crippen LogP contribution is -2.45. The second-order valence-corrected chi connectivity index (χ2v) is 9.68. The molecule has 0 aromatic carbocycles. The van der Waals surface area contributed by atoms with Crippen LogP contribution in [0.1, 0.15) is 92.4 Å². The highest BCUT2D eigenvalue weighted by Gasteiger charge is 2.30. The highest BCUT2D eigenvalue weighted by molar-refractivity contribution is 5.99. The molecule has 0 bridgehead atoms. The van der Waals surface area contributed by atoms with Crippen molar-refractivity contribution in [3.8, 4) is 0 Å². The number of hydrogen-bond acceptors (Lipinski definition) is 4. The summed E-state index contributed by atoms with van der Waals surface area (Å²) in [5.41, 5.74) is -1.40. The van der Waals surface area contributed by atoms with Gasteiger partial charge in [-0.2, -0.15) is 0 Å². The normalized spacial score (nSPS) is 19.2. The minimum Gasteiger partial charge on any atom is -0.388 e. The topological polar surface area (TPSA) is 91.6 Å². The summed E-state index contributed by atoms with van der Waals surface area (Å²) in [6.07, 6.45) is 11.5. The number of amides is 2. The maximum absolute atomic E-state index is 13.2. The molecule has 1 aromatic heterocycles. The Labute approximate surface area is 184 Å². The molecule has 7 nitrogen and oxygen atoms in total. The third-order valence-electron chi connectivity index (χ3n) is 6.39. The first-order valence-electron chi connectivity index (χ1n) is 11.8. The van der Waals surface area contributed by atoms with E-state index in [0.29, 0.717) is 38.4 Å². The molecule has 2 amide bonds. The van der Waals surface area contributed by atoms with Gasteiger partial charge in [-0.3, -0.25) is 14.4 Å². The minimum atomic E-state index is -0.912. The van der Waals surface area contributed by atoms with Gasteiger partial charge < -0.3 is 19.9 Å². The predicted molar refractivity (Wildman–Crippen MR) is 120 cm³/mol. The summed E-state index contributed by atoms with van der Waals surface area (Å²) < 4.78 is 1.78. The van der Waals surface area contributed by atoms with Crippen molar-refractivity contribution in [3.63, 3.8) is 0 Å². The number of rotatable bonds is 6. The summed E-state index contributed by atoms with van der Waals surface area (Å²) >= 11 is 0. The van der Waals surface area contributed by atoms with E-state index in [1.807, 2.05) is 13.8 Å². The smallest absolute Gasteiger partial charge is 0.259 e. The fraction of sp³-hybridized carbons (Fsp3) is 0.708. The van der Waals surface area contributed by atoms with Crippen molar-refractivity contribution in [3.05, 3.63) is 33.7 Å². The standard InChI is InChI=1S/C24H37N3O4/c1-18(2)14-26-15-19(22(29)25-17-24(31)10-6-5-7-11-24)21(28)20(16-26)23(30)27-12-8-3-4-9-13-27/h15-16,18,31H,3-14,17H2,1-2H3,(H,25,29). The van der Waals surface area contributed by atoms with Crippen LogP contribution < -0.4 is 10.7 Å². The maximum Gasteiger partial charge on any atom is 0.259 e. The Hall–Kier alpha value is -2.15. The molecule has 0 spiro atoms. The second kappa shape index (κ2) is 10.4. The number of likely N-dealkylation sites (tertiary alicyclic amines) is 1. The lowest BCUT2D eigenvalue weighted by atomic mass is 9.85. The van der Waals surface area contributed by atoms with Crippen LogP contribution in [0.15, 0.2) is 17.2 Å². The first-order valence-corrected chi connectivity index (χ1v) is 11.8. The van der Waals surface area contributed by atoms with Crippen LogP contribution in [0.25, 0.3) is 0 Å². The van der Waals surface area contributed by atoms with E-state index in [2.05, 4.69) is 5.32 Å². The van der Waals surface area contributed by atoms with Gasteiger partial charge in [-0.1, -0.05) is 46.0 Å². The number of carbonyl (C=O) groups is 2. The Morgan fingerprint density at radius 2 is 1.58 bits per heavy atom. The molecule has 1 saturated carbocycles. The average molecular weight is 432 g/mol. The monoisotopic (exact) mass is 431 g/mol. The van der Waals surface area contributed by atoms with E-state index in [4.69, 9.17) is 0 Å². The Bertz CT molecular complexity index is 832. The van der Waals surface area contributed by atoms with Gasteiger partial charge in [0.25, 0.3) is 11.8 Å². The van der Waals surface area contributed by atoms with Gasteiger partial charge in [0, 0.05) is 38.6 Å². The van der Waals surface area contributed by atoms with Crippen molar-refractivity contribution in [2.45, 2.75) is 83.8 Å². The van der Waals surface area contributed by atoms with Gasteiger partial charge in [0.05, 0.1) is 5.60 Å². The molecular formula is C24H37N3O4. The van der Waals surface area contributed by atoms with E-state index in [1.165, 1.54) is 0 Å². The number of hydrogen-bond donors (Lipinski definition) is 2. The zero-order chi connectivity index (χ0) is 22.4. The van der Waals surface area contributed by atoms with Crippen molar-refractivity contribution in [1.29, 1.82) is 0 Å². The lowest BCUT2D eigenvalue weighted by Gasteiger charge is -2.32.